The van der Waals surface area contributed by atoms with Crippen LogP contribution in [0, 0.1) is 0 Å². The van der Waals surface area contributed by atoms with Crippen LogP contribution in [0.25, 0.3) is 5.52 Å². The van der Waals surface area contributed by atoms with Gasteiger partial charge in [-0.25, -0.2) is 18.6 Å². The molecule has 2 aromatic rings. The van der Waals surface area contributed by atoms with Crippen LogP contribution >= 0.6 is 15.6 Å². The van der Waals surface area contributed by atoms with E-state index in [0.29, 0.717) is 11.2 Å². The van der Waals surface area contributed by atoms with Crippen LogP contribution in [0.5, 0.6) is 0 Å². The van der Waals surface area contributed by atoms with Gasteiger partial charge in [0.05, 0.1) is 12.3 Å². The normalized spacial score (nSPS) is 30.6. The zero-order chi connectivity index (χ0) is 20.9. The molecule has 1 fully saturated rings. The molecule has 0 spiro atoms. The molecule has 0 bridgehead atoms. The molecular weight excluding hydrogens is 422 g/mol. The van der Waals surface area contributed by atoms with Crippen molar-refractivity contribution >= 4 is 27.0 Å². The Morgan fingerprint density at radius 2 is 2.00 bits per heavy atom. The van der Waals surface area contributed by atoms with Gasteiger partial charge in [0, 0.05) is 0 Å². The van der Waals surface area contributed by atoms with Gasteiger partial charge in [-0.1, -0.05) is 0 Å². The van der Waals surface area contributed by atoms with Crippen molar-refractivity contribution in [1.29, 1.82) is 0 Å². The quantitative estimate of drug-likeness (QED) is 0.293. The topological polar surface area (TPSA) is 219 Å². The van der Waals surface area contributed by atoms with Crippen LogP contribution in [0.3, 0.4) is 0 Å². The maximum absolute atomic E-state index is 11.6. The van der Waals surface area contributed by atoms with Crippen LogP contribution in [0.2, 0.25) is 0 Å². The largest absolute Gasteiger partial charge is 0.481 e. The summed E-state index contributed by atoms with van der Waals surface area (Å²) in [7, 11) is -10.4. The summed E-state index contributed by atoms with van der Waals surface area (Å²) in [5, 5.41) is 24.8. The fraction of sp³-hybridized carbons (Fsp3) is 0.500. The first-order chi connectivity index (χ1) is 12.8. The highest BCUT2D eigenvalue weighted by molar-refractivity contribution is 7.60. The molecule has 0 radical (unpaired) electrons. The van der Waals surface area contributed by atoms with Crippen molar-refractivity contribution in [3.8, 4) is 0 Å². The molecule has 3 heterocycles. The minimum absolute atomic E-state index is 0.175. The summed E-state index contributed by atoms with van der Waals surface area (Å²) < 4.78 is 37.4. The predicted molar refractivity (Wildman–Crippen MR) is 90.5 cm³/mol. The lowest BCUT2D eigenvalue weighted by molar-refractivity contribution is -0.0882. The number of nitrogens with zero attached hydrogens (tertiary/aromatic N) is 3. The second kappa shape index (κ2) is 7.11. The number of aliphatic hydroxyl groups is 2. The molecule has 0 aliphatic carbocycles. The number of phosphoric acid groups is 2. The number of phosphoric ester groups is 1. The molecule has 1 saturated heterocycles. The van der Waals surface area contributed by atoms with E-state index < -0.39 is 46.2 Å². The third-order valence-corrected chi connectivity index (χ3v) is 6.42. The van der Waals surface area contributed by atoms with Crippen molar-refractivity contribution in [1.82, 2.24) is 14.6 Å². The highest BCUT2D eigenvalue weighted by Gasteiger charge is 2.54. The number of fused-ring (bicyclic) bond motifs is 1. The van der Waals surface area contributed by atoms with Crippen LogP contribution in [-0.4, -0.2) is 64.4 Å². The van der Waals surface area contributed by atoms with Crippen molar-refractivity contribution in [3.05, 3.63) is 24.2 Å². The maximum Gasteiger partial charge on any atom is 0.481 e. The number of nitrogens with two attached hydrogens (primary N) is 1. The van der Waals surface area contributed by atoms with Crippen LogP contribution in [-0.2, 0) is 28.3 Å². The zero-order valence-corrected chi connectivity index (χ0v) is 16.1. The highest BCUT2D eigenvalue weighted by atomic mass is 31.3. The Kier molecular flexibility index (Phi) is 5.40. The summed E-state index contributed by atoms with van der Waals surface area (Å²) in [5.41, 5.74) is 4.98. The van der Waals surface area contributed by atoms with E-state index in [0.717, 1.165) is 0 Å². The van der Waals surface area contributed by atoms with E-state index in [1.54, 1.807) is 12.1 Å². The number of rotatable bonds is 6. The molecule has 7 N–H and O–H groups in total. The Balaban J connectivity index is 1.82. The number of nitrogen functional groups attached to an aromatic ring is 1. The lowest BCUT2D eigenvalue weighted by Gasteiger charge is -2.27. The summed E-state index contributed by atoms with van der Waals surface area (Å²) in [4.78, 5) is 30.4. The molecule has 16 heteroatoms. The van der Waals surface area contributed by atoms with Gasteiger partial charge in [-0.2, -0.15) is 9.41 Å². The molecule has 2 aromatic heterocycles. The summed E-state index contributed by atoms with van der Waals surface area (Å²) >= 11 is 0. The van der Waals surface area contributed by atoms with Crippen LogP contribution in [0.15, 0.2) is 18.5 Å². The first-order valence-electron chi connectivity index (χ1n) is 7.71. The average Bonchev–Trinajstić information content (AvgIpc) is 3.09. The molecule has 5 atom stereocenters. The molecule has 1 unspecified atom stereocenters. The summed E-state index contributed by atoms with van der Waals surface area (Å²) in [5.74, 6) is 0.175. The monoisotopic (exact) mass is 440 g/mol. The van der Waals surface area contributed by atoms with Gasteiger partial charge in [0.25, 0.3) is 0 Å². The van der Waals surface area contributed by atoms with Crippen LogP contribution in [0.1, 0.15) is 12.6 Å². The van der Waals surface area contributed by atoms with Crippen molar-refractivity contribution in [3.63, 3.8) is 0 Å². The summed E-state index contributed by atoms with van der Waals surface area (Å²) in [6.45, 7) is 0.646. The Morgan fingerprint density at radius 1 is 1.32 bits per heavy atom. The average molecular weight is 440 g/mol. The van der Waals surface area contributed by atoms with Crippen molar-refractivity contribution < 1.29 is 47.6 Å². The standard InChI is InChI=1S/C12H18N4O10P2/c1-12(8-3-2-6-11(13)14-5-15-16(6)8)10(18)9(17)7(25-12)4-24-28(22,23)26-27(19,20)21/h2-3,5,7,9-10,17-18H,4H2,1H3,(H,22,23)(H2,13,14,15)(H2,19,20,21)/t7-,9-,10-,12+/m1/s1. The van der Waals surface area contributed by atoms with E-state index in [9.17, 15) is 24.2 Å². The Morgan fingerprint density at radius 3 is 2.64 bits per heavy atom. The number of ether oxygens (including phenoxy) is 1. The molecule has 28 heavy (non-hydrogen) atoms. The van der Waals surface area contributed by atoms with Crippen LogP contribution in [0.4, 0.5) is 5.82 Å². The lowest BCUT2D eigenvalue weighted by atomic mass is 9.93. The zero-order valence-electron chi connectivity index (χ0n) is 14.3. The van der Waals surface area contributed by atoms with Gasteiger partial charge in [0.2, 0.25) is 0 Å². The van der Waals surface area contributed by atoms with Gasteiger partial charge >= 0.3 is 15.6 Å². The lowest BCUT2D eigenvalue weighted by Crippen LogP contribution is -2.39. The Labute approximate surface area is 157 Å². The first-order valence-corrected chi connectivity index (χ1v) is 10.7. The van der Waals surface area contributed by atoms with E-state index in [1.165, 1.54) is 17.8 Å². The van der Waals surface area contributed by atoms with Crippen molar-refractivity contribution in [2.24, 2.45) is 0 Å². The third-order valence-electron chi connectivity index (χ3n) is 4.27. The van der Waals surface area contributed by atoms with E-state index in [1.807, 2.05) is 0 Å². The molecule has 0 aromatic carbocycles. The number of aliphatic hydroxyl groups excluding tert-OH is 2. The second-order valence-corrected chi connectivity index (χ2v) is 9.03. The number of anilines is 1. The van der Waals surface area contributed by atoms with E-state index in [2.05, 4.69) is 18.9 Å². The molecule has 0 saturated carbocycles. The van der Waals surface area contributed by atoms with Gasteiger partial charge < -0.3 is 35.4 Å². The Hall–Kier alpha value is -1.44. The predicted octanol–water partition coefficient (Wildman–Crippen LogP) is -1.13. The number of hydrogen-bond donors (Lipinski definition) is 6. The minimum atomic E-state index is -5.29. The number of aromatic nitrogens is 3. The SMILES string of the molecule is C[C@@]1(c2ccc3c(N)ncnn23)O[C@H](COP(=O)(O)OP(=O)(O)O)[C@@H](O)[C@H]1O. The van der Waals surface area contributed by atoms with Gasteiger partial charge in [0.15, 0.2) is 5.82 Å². The van der Waals surface area contributed by atoms with Gasteiger partial charge in [-0.05, 0) is 19.1 Å². The minimum Gasteiger partial charge on any atom is -0.387 e. The summed E-state index contributed by atoms with van der Waals surface area (Å²) in [6, 6.07) is 3.13. The smallest absolute Gasteiger partial charge is 0.387 e. The first kappa shape index (κ1) is 21.3. The summed E-state index contributed by atoms with van der Waals surface area (Å²) in [6.07, 6.45) is -3.21. The van der Waals surface area contributed by atoms with Crippen molar-refractivity contribution in [2.75, 3.05) is 12.3 Å². The molecule has 3 rings (SSSR count). The highest BCUT2D eigenvalue weighted by Crippen LogP contribution is 2.57. The second-order valence-electron chi connectivity index (χ2n) is 6.20. The maximum atomic E-state index is 11.6. The molecule has 14 nitrogen and oxygen atoms in total. The van der Waals surface area contributed by atoms with Crippen LogP contribution < -0.4 is 5.73 Å². The molecule has 1 aliphatic heterocycles. The molecule has 156 valence electrons. The van der Waals surface area contributed by atoms with E-state index >= 15 is 0 Å². The van der Waals surface area contributed by atoms with Gasteiger partial charge in [0.1, 0.15) is 35.8 Å². The molecule has 0 amide bonds. The Bertz CT molecular complexity index is 978. The third kappa shape index (κ3) is 3.98. The van der Waals surface area contributed by atoms with Gasteiger partial charge in [-0.15, -0.1) is 0 Å². The molecular formula is C12H18N4O10P2. The van der Waals surface area contributed by atoms with E-state index in [4.69, 9.17) is 20.3 Å². The molecule has 1 aliphatic rings. The van der Waals surface area contributed by atoms with Crippen molar-refractivity contribution in [2.45, 2.75) is 30.8 Å². The fourth-order valence-corrected chi connectivity index (χ4v) is 4.58. The fourth-order valence-electron chi connectivity index (χ4n) is 2.98. The van der Waals surface area contributed by atoms with Gasteiger partial charge in [-0.3, -0.25) is 4.52 Å². The van der Waals surface area contributed by atoms with E-state index in [-0.39, 0.29) is 5.82 Å². The number of hydrogen-bond acceptors (Lipinski definition) is 10.